The quantitative estimate of drug-likeness (QED) is 0.0968. The lowest BCUT2D eigenvalue weighted by molar-refractivity contribution is -0.190. The van der Waals surface area contributed by atoms with Gasteiger partial charge in [0.25, 0.3) is 0 Å². The zero-order chi connectivity index (χ0) is 28.5. The van der Waals surface area contributed by atoms with E-state index in [1.807, 2.05) is 24.7 Å². The predicted octanol–water partition coefficient (Wildman–Crippen LogP) is 4.77. The molecular formula is C30H48N4O5. The normalized spacial score (nSPS) is 18.1. The molecule has 0 aliphatic carbocycles. The van der Waals surface area contributed by atoms with Gasteiger partial charge in [0.1, 0.15) is 18.2 Å². The highest BCUT2D eigenvalue weighted by atomic mass is 16.6. The van der Waals surface area contributed by atoms with Gasteiger partial charge < -0.3 is 14.8 Å². The summed E-state index contributed by atoms with van der Waals surface area (Å²) in [6.45, 7) is 7.02. The molecule has 9 heteroatoms. The smallest absolute Gasteiger partial charge is 0.328 e. The second-order valence-corrected chi connectivity index (χ2v) is 11.1. The second kappa shape index (κ2) is 18.4. The van der Waals surface area contributed by atoms with E-state index < -0.39 is 18.1 Å². The maximum Gasteiger partial charge on any atom is 0.328 e. The number of hydrogen-bond acceptors (Lipinski definition) is 7. The number of nitrogens with one attached hydrogen (secondary N) is 1. The van der Waals surface area contributed by atoms with Gasteiger partial charge in [-0.25, -0.2) is 4.79 Å². The van der Waals surface area contributed by atoms with Crippen LogP contribution in [0.5, 0.6) is 0 Å². The van der Waals surface area contributed by atoms with E-state index in [0.717, 1.165) is 31.5 Å². The van der Waals surface area contributed by atoms with E-state index in [4.69, 9.17) is 15.9 Å². The van der Waals surface area contributed by atoms with Gasteiger partial charge in [0, 0.05) is 25.6 Å². The minimum Gasteiger partial charge on any atom is -0.461 e. The van der Waals surface area contributed by atoms with Gasteiger partial charge in [0.15, 0.2) is 0 Å². The third-order valence-corrected chi connectivity index (χ3v) is 7.19. The molecule has 0 aromatic carbocycles. The van der Waals surface area contributed by atoms with Crippen LogP contribution < -0.4 is 5.32 Å². The molecule has 39 heavy (non-hydrogen) atoms. The molecule has 1 saturated heterocycles. The minimum absolute atomic E-state index is 0.204. The lowest BCUT2D eigenvalue weighted by atomic mass is 9.86. The Morgan fingerprint density at radius 2 is 2.00 bits per heavy atom. The SMILES string of the molecule is C#CCCCC[C@@H]1C(=O)O[C@H]1C[C@H](CCc1cn(CCCCCCCC)nn1)OC(=O)[C@H](CC(C)C)NC=O. The van der Waals surface area contributed by atoms with Gasteiger partial charge >= 0.3 is 11.9 Å². The van der Waals surface area contributed by atoms with Crippen molar-refractivity contribution in [3.8, 4) is 12.3 Å². The summed E-state index contributed by atoms with van der Waals surface area (Å²) in [5, 5.41) is 11.2. The molecule has 1 aromatic heterocycles. The largest absolute Gasteiger partial charge is 0.461 e. The number of esters is 2. The lowest BCUT2D eigenvalue weighted by Crippen LogP contribution is -2.48. The third-order valence-electron chi connectivity index (χ3n) is 7.19. The van der Waals surface area contributed by atoms with Crippen LogP contribution in [-0.4, -0.2) is 51.6 Å². The van der Waals surface area contributed by atoms with Crippen molar-refractivity contribution >= 4 is 18.3 Å². The van der Waals surface area contributed by atoms with Crippen LogP contribution in [-0.2, 0) is 36.8 Å². The van der Waals surface area contributed by atoms with Crippen molar-refractivity contribution in [3.05, 3.63) is 11.9 Å². The van der Waals surface area contributed by atoms with Crippen LogP contribution in [0.25, 0.3) is 0 Å². The molecule has 1 aliphatic heterocycles. The molecule has 2 rings (SSSR count). The first kappa shape index (κ1) is 32.3. The Kier molecular flexibility index (Phi) is 15.3. The Balaban J connectivity index is 1.96. The molecule has 4 atom stereocenters. The number of carbonyl (C=O) groups excluding carboxylic acids is 3. The summed E-state index contributed by atoms with van der Waals surface area (Å²) in [6, 6.07) is -0.716. The molecule has 2 heterocycles. The fourth-order valence-corrected chi connectivity index (χ4v) is 4.95. The summed E-state index contributed by atoms with van der Waals surface area (Å²) in [4.78, 5) is 36.2. The topological polar surface area (TPSA) is 112 Å². The van der Waals surface area contributed by atoms with Gasteiger partial charge in [-0.3, -0.25) is 14.3 Å². The number of unbranched alkanes of at least 4 members (excludes halogenated alkanes) is 7. The molecule has 0 radical (unpaired) electrons. The maximum atomic E-state index is 13.0. The summed E-state index contributed by atoms with van der Waals surface area (Å²) in [7, 11) is 0. The first-order valence-corrected chi connectivity index (χ1v) is 14.8. The van der Waals surface area contributed by atoms with Crippen LogP contribution in [0, 0.1) is 24.2 Å². The van der Waals surface area contributed by atoms with Crippen molar-refractivity contribution in [2.75, 3.05) is 0 Å². The third kappa shape index (κ3) is 12.2. The number of nitrogens with zero attached hydrogens (tertiary/aromatic N) is 3. The van der Waals surface area contributed by atoms with Crippen LogP contribution in [0.4, 0.5) is 0 Å². The van der Waals surface area contributed by atoms with Crippen LogP contribution >= 0.6 is 0 Å². The Bertz CT molecular complexity index is 909. The van der Waals surface area contributed by atoms with E-state index in [0.29, 0.717) is 44.9 Å². The molecular weight excluding hydrogens is 496 g/mol. The summed E-state index contributed by atoms with van der Waals surface area (Å²) < 4.78 is 13.2. The fourth-order valence-electron chi connectivity index (χ4n) is 4.95. The van der Waals surface area contributed by atoms with Gasteiger partial charge in [-0.05, 0) is 44.4 Å². The number of hydrogen-bond donors (Lipinski definition) is 1. The van der Waals surface area contributed by atoms with Crippen LogP contribution in [0.15, 0.2) is 6.20 Å². The van der Waals surface area contributed by atoms with Crippen molar-refractivity contribution in [2.45, 2.75) is 135 Å². The minimum atomic E-state index is -0.716. The Hall–Kier alpha value is -2.89. The molecule has 1 aromatic rings. The first-order valence-electron chi connectivity index (χ1n) is 14.8. The highest BCUT2D eigenvalue weighted by Gasteiger charge is 2.43. The molecule has 1 N–H and O–H groups in total. The molecule has 1 amide bonds. The lowest BCUT2D eigenvalue weighted by Gasteiger charge is -2.37. The Morgan fingerprint density at radius 1 is 1.23 bits per heavy atom. The number of rotatable bonds is 22. The monoisotopic (exact) mass is 544 g/mol. The number of aromatic nitrogens is 3. The van der Waals surface area contributed by atoms with Gasteiger partial charge in [-0.1, -0.05) is 64.5 Å². The summed E-state index contributed by atoms with van der Waals surface area (Å²) in [6.07, 6.45) is 19.5. The van der Waals surface area contributed by atoms with E-state index >= 15 is 0 Å². The Morgan fingerprint density at radius 3 is 2.69 bits per heavy atom. The number of terminal acetylenes is 1. The number of carbonyl (C=O) groups is 3. The average Bonchev–Trinajstić information content (AvgIpc) is 3.36. The van der Waals surface area contributed by atoms with Crippen molar-refractivity contribution in [1.29, 1.82) is 0 Å². The van der Waals surface area contributed by atoms with Gasteiger partial charge in [0.05, 0.1) is 11.6 Å². The number of cyclic esters (lactones) is 1. The van der Waals surface area contributed by atoms with Gasteiger partial charge in [-0.2, -0.15) is 0 Å². The van der Waals surface area contributed by atoms with Gasteiger partial charge in [-0.15, -0.1) is 17.4 Å². The molecule has 9 nitrogen and oxygen atoms in total. The Labute approximate surface area is 234 Å². The van der Waals surface area contributed by atoms with E-state index in [9.17, 15) is 14.4 Å². The van der Waals surface area contributed by atoms with Crippen molar-refractivity contribution < 1.29 is 23.9 Å². The maximum absolute atomic E-state index is 13.0. The predicted molar refractivity (Wildman–Crippen MR) is 149 cm³/mol. The van der Waals surface area contributed by atoms with E-state index in [1.54, 1.807) is 0 Å². The molecule has 0 unspecified atom stereocenters. The molecule has 1 aliphatic rings. The highest BCUT2D eigenvalue weighted by Crippen LogP contribution is 2.32. The molecule has 0 spiro atoms. The van der Waals surface area contributed by atoms with Crippen molar-refractivity contribution in [1.82, 2.24) is 20.3 Å². The van der Waals surface area contributed by atoms with Crippen LogP contribution in [0.2, 0.25) is 0 Å². The number of aryl methyl sites for hydroxylation is 2. The van der Waals surface area contributed by atoms with E-state index in [-0.39, 0.29) is 23.9 Å². The highest BCUT2D eigenvalue weighted by molar-refractivity contribution is 5.79. The first-order chi connectivity index (χ1) is 18.9. The van der Waals surface area contributed by atoms with Crippen molar-refractivity contribution in [3.63, 3.8) is 0 Å². The van der Waals surface area contributed by atoms with Crippen LogP contribution in [0.3, 0.4) is 0 Å². The van der Waals surface area contributed by atoms with E-state index in [1.165, 1.54) is 32.1 Å². The molecule has 0 saturated carbocycles. The van der Waals surface area contributed by atoms with Gasteiger partial charge in [0.2, 0.25) is 6.41 Å². The molecule has 218 valence electrons. The zero-order valence-corrected chi connectivity index (χ0v) is 24.1. The van der Waals surface area contributed by atoms with Crippen LogP contribution in [0.1, 0.15) is 110 Å². The molecule has 0 bridgehead atoms. The molecule has 1 fully saturated rings. The van der Waals surface area contributed by atoms with Crippen molar-refractivity contribution in [2.24, 2.45) is 11.8 Å². The summed E-state index contributed by atoms with van der Waals surface area (Å²) in [5.74, 6) is 1.95. The standard InChI is InChI=1S/C30H48N4O5/c1-5-7-9-11-12-14-18-34-21-24(32-33-34)16-17-25(38-30(37)27(31-22-35)19-23(3)4)20-28-26(29(36)39-28)15-13-10-8-6-2/h2,21-23,25-28H,5,7-20H2,1,3-4H3,(H,31,35)/t25-,26-,27-,28-/m0/s1. The zero-order valence-electron chi connectivity index (χ0n) is 24.1. The van der Waals surface area contributed by atoms with E-state index in [2.05, 4.69) is 28.5 Å². The summed E-state index contributed by atoms with van der Waals surface area (Å²) in [5.41, 5.74) is 0.836. The second-order valence-electron chi connectivity index (χ2n) is 11.1. The fraction of sp³-hybridized carbons (Fsp3) is 0.767. The number of ether oxygens (including phenoxy) is 2. The number of amides is 1. The summed E-state index contributed by atoms with van der Waals surface area (Å²) >= 11 is 0. The average molecular weight is 545 g/mol.